The molecule has 2 aromatic carbocycles. The molecule has 5 rings (SSSR count). The summed E-state index contributed by atoms with van der Waals surface area (Å²) in [7, 11) is 0. The number of rotatable bonds is 6. The van der Waals surface area contributed by atoms with Gasteiger partial charge >= 0.3 is 0 Å². The summed E-state index contributed by atoms with van der Waals surface area (Å²) in [6.07, 6.45) is 2.62. The van der Waals surface area contributed by atoms with E-state index in [0.29, 0.717) is 35.8 Å². The summed E-state index contributed by atoms with van der Waals surface area (Å²) in [6, 6.07) is 15.6. The first kappa shape index (κ1) is 24.3. The number of aromatic nitrogens is 2. The number of aliphatic hydroxyl groups excluding tert-OH is 1. The van der Waals surface area contributed by atoms with Crippen LogP contribution in [-0.4, -0.2) is 33.3 Å². The van der Waals surface area contributed by atoms with Crippen molar-refractivity contribution in [3.8, 4) is 11.1 Å². The lowest BCUT2D eigenvalue weighted by Crippen LogP contribution is -2.39. The molecule has 3 N–H and O–H groups in total. The highest BCUT2D eigenvalue weighted by Crippen LogP contribution is 2.31. The molecule has 7 nitrogen and oxygen atoms in total. The number of hydrogen-bond donors (Lipinski definition) is 3. The minimum Gasteiger partial charge on any atom is -0.393 e. The number of fused-ring (bicyclic) bond motifs is 1. The van der Waals surface area contributed by atoms with Gasteiger partial charge in [-0.05, 0) is 81.0 Å². The number of pyridine rings is 1. The molecular weight excluding hydrogens is 476 g/mol. The molecular formula is C28H29ClN4O3. The predicted molar refractivity (Wildman–Crippen MR) is 141 cm³/mol. The lowest BCUT2D eigenvalue weighted by atomic mass is 9.93. The maximum absolute atomic E-state index is 13.3. The third kappa shape index (κ3) is 5.22. The Balaban J connectivity index is 1.49. The smallest absolute Gasteiger partial charge is 0.272 e. The molecule has 1 aliphatic carbocycles. The van der Waals surface area contributed by atoms with Gasteiger partial charge in [0.25, 0.3) is 5.91 Å². The van der Waals surface area contributed by atoms with Crippen molar-refractivity contribution in [1.29, 1.82) is 0 Å². The van der Waals surface area contributed by atoms with Crippen LogP contribution in [0.25, 0.3) is 22.0 Å². The van der Waals surface area contributed by atoms with Crippen LogP contribution in [0.3, 0.4) is 0 Å². The number of nitrogens with one attached hydrogen (secondary N) is 2. The number of aliphatic hydroxyl groups is 1. The largest absolute Gasteiger partial charge is 0.393 e. The number of amides is 1. The second kappa shape index (κ2) is 10.3. The monoisotopic (exact) mass is 504 g/mol. The van der Waals surface area contributed by atoms with E-state index in [0.717, 1.165) is 51.9 Å². The Morgan fingerprint density at radius 2 is 1.92 bits per heavy atom. The molecule has 0 aliphatic heterocycles. The second-order valence-electron chi connectivity index (χ2n) is 9.45. The molecule has 0 bridgehead atoms. The fourth-order valence-electron chi connectivity index (χ4n) is 4.85. The normalized spacial score (nSPS) is 17.8. The van der Waals surface area contributed by atoms with Gasteiger partial charge in [-0.15, -0.1) is 0 Å². The molecule has 2 aromatic heterocycles. The molecule has 186 valence electrons. The summed E-state index contributed by atoms with van der Waals surface area (Å²) in [5.74, 6) is 0.536. The van der Waals surface area contributed by atoms with E-state index in [4.69, 9.17) is 21.1 Å². The molecule has 1 saturated carbocycles. The van der Waals surface area contributed by atoms with Gasteiger partial charge in [-0.2, -0.15) is 0 Å². The average Bonchev–Trinajstić information content (AvgIpc) is 3.21. The topological polar surface area (TPSA) is 100 Å². The van der Waals surface area contributed by atoms with Gasteiger partial charge in [-0.3, -0.25) is 4.79 Å². The van der Waals surface area contributed by atoms with Crippen molar-refractivity contribution < 1.29 is 14.4 Å². The molecule has 4 aromatic rings. The number of carbonyl (C=O) groups excluding carboxylic acids is 1. The summed E-state index contributed by atoms with van der Waals surface area (Å²) in [5.41, 5.74) is 5.49. The molecule has 1 aliphatic rings. The first-order valence-corrected chi connectivity index (χ1v) is 12.6. The zero-order valence-electron chi connectivity index (χ0n) is 20.3. The van der Waals surface area contributed by atoms with Gasteiger partial charge in [0.15, 0.2) is 5.69 Å². The number of hydrogen-bond acceptors (Lipinski definition) is 6. The highest BCUT2D eigenvalue weighted by atomic mass is 35.5. The van der Waals surface area contributed by atoms with E-state index < -0.39 is 0 Å². The number of anilines is 1. The number of halogens is 1. The van der Waals surface area contributed by atoms with Crippen LogP contribution in [0.2, 0.25) is 5.02 Å². The molecule has 8 heteroatoms. The maximum atomic E-state index is 13.3. The number of carbonyl (C=O) groups is 1. The fraction of sp³-hybridized carbons (Fsp3) is 0.321. The molecule has 0 atom stereocenters. The van der Waals surface area contributed by atoms with E-state index in [1.54, 1.807) is 0 Å². The predicted octanol–water partition coefficient (Wildman–Crippen LogP) is 5.81. The van der Waals surface area contributed by atoms with Gasteiger partial charge in [0.1, 0.15) is 5.76 Å². The van der Waals surface area contributed by atoms with Gasteiger partial charge in [0.2, 0.25) is 0 Å². The van der Waals surface area contributed by atoms with Crippen molar-refractivity contribution in [1.82, 2.24) is 15.5 Å². The van der Waals surface area contributed by atoms with E-state index in [1.807, 2.05) is 62.4 Å². The molecule has 1 fully saturated rings. The molecule has 1 amide bonds. The molecule has 0 saturated heterocycles. The summed E-state index contributed by atoms with van der Waals surface area (Å²) in [6.45, 7) is 4.31. The van der Waals surface area contributed by atoms with Crippen LogP contribution >= 0.6 is 11.6 Å². The zero-order chi connectivity index (χ0) is 25.2. The fourth-order valence-corrected chi connectivity index (χ4v) is 5.07. The van der Waals surface area contributed by atoms with Crippen LogP contribution in [0, 0.1) is 13.8 Å². The second-order valence-corrected chi connectivity index (χ2v) is 9.89. The quantitative estimate of drug-likeness (QED) is 0.306. The molecule has 2 heterocycles. The Morgan fingerprint density at radius 1 is 1.11 bits per heavy atom. The summed E-state index contributed by atoms with van der Waals surface area (Å²) < 4.78 is 5.35. The Kier molecular flexibility index (Phi) is 6.94. The van der Waals surface area contributed by atoms with E-state index in [1.165, 1.54) is 0 Å². The highest BCUT2D eigenvalue weighted by molar-refractivity contribution is 6.30. The maximum Gasteiger partial charge on any atom is 0.272 e. The van der Waals surface area contributed by atoms with E-state index in [9.17, 15) is 9.90 Å². The zero-order valence-corrected chi connectivity index (χ0v) is 21.1. The van der Waals surface area contributed by atoms with Crippen LogP contribution < -0.4 is 10.6 Å². The van der Waals surface area contributed by atoms with Gasteiger partial charge in [-0.25, -0.2) is 4.98 Å². The summed E-state index contributed by atoms with van der Waals surface area (Å²) in [4.78, 5) is 18.1. The molecule has 36 heavy (non-hydrogen) atoms. The van der Waals surface area contributed by atoms with Gasteiger partial charge < -0.3 is 20.3 Å². The van der Waals surface area contributed by atoms with Gasteiger partial charge in [0, 0.05) is 28.6 Å². The Bertz CT molecular complexity index is 1390. The van der Waals surface area contributed by atoms with E-state index in [-0.39, 0.29) is 18.1 Å². The van der Waals surface area contributed by atoms with E-state index in [2.05, 4.69) is 15.8 Å². The van der Waals surface area contributed by atoms with Crippen molar-refractivity contribution in [2.24, 2.45) is 0 Å². The summed E-state index contributed by atoms with van der Waals surface area (Å²) >= 11 is 6.16. The summed E-state index contributed by atoms with van der Waals surface area (Å²) in [5, 5.41) is 22.0. The number of benzene rings is 2. The number of aryl methyl sites for hydroxylation is 2. The molecule has 0 spiro atoms. The van der Waals surface area contributed by atoms with Crippen molar-refractivity contribution >= 4 is 34.1 Å². The minimum absolute atomic E-state index is 0.0288. The van der Waals surface area contributed by atoms with Crippen LogP contribution in [-0.2, 0) is 6.54 Å². The van der Waals surface area contributed by atoms with Crippen LogP contribution in [0.1, 0.15) is 53.2 Å². The third-order valence-electron chi connectivity index (χ3n) is 6.76. The van der Waals surface area contributed by atoms with Crippen molar-refractivity contribution in [3.63, 3.8) is 0 Å². The van der Waals surface area contributed by atoms with Crippen LogP contribution in [0.15, 0.2) is 53.1 Å². The van der Waals surface area contributed by atoms with Crippen molar-refractivity contribution in [2.45, 2.75) is 58.2 Å². The average molecular weight is 505 g/mol. The first-order chi connectivity index (χ1) is 17.4. The SMILES string of the molecule is Cc1noc(C)c1-c1ccc2nc(C(=O)NC3CCC(O)CC3)c(NCc3cccc(Cl)c3)cc2c1. The van der Waals surface area contributed by atoms with E-state index >= 15 is 0 Å². The van der Waals surface area contributed by atoms with Crippen LogP contribution in [0.4, 0.5) is 5.69 Å². The highest BCUT2D eigenvalue weighted by Gasteiger charge is 2.24. The Morgan fingerprint density at radius 3 is 2.64 bits per heavy atom. The lowest BCUT2D eigenvalue weighted by Gasteiger charge is -2.26. The Hall–Kier alpha value is -3.42. The van der Waals surface area contributed by atoms with Gasteiger partial charge in [-0.1, -0.05) is 35.0 Å². The molecule has 0 unspecified atom stereocenters. The van der Waals surface area contributed by atoms with Crippen LogP contribution in [0.5, 0.6) is 0 Å². The number of nitrogens with zero attached hydrogens (tertiary/aromatic N) is 2. The third-order valence-corrected chi connectivity index (χ3v) is 6.99. The van der Waals surface area contributed by atoms with Crippen molar-refractivity contribution in [2.75, 3.05) is 5.32 Å². The standard InChI is InChI=1S/C28H29ClN4O3/c1-16-26(17(2)36-33-16)19-6-11-24-20(13-19)14-25(30-15-18-4-3-5-21(29)12-18)27(32-24)28(35)31-22-7-9-23(34)10-8-22/h3-6,11-14,22-23,30,34H,7-10,15H2,1-2H3,(H,31,35). The lowest BCUT2D eigenvalue weighted by molar-refractivity contribution is 0.0864. The first-order valence-electron chi connectivity index (χ1n) is 12.2. The van der Waals surface area contributed by atoms with Gasteiger partial charge in [0.05, 0.1) is 23.0 Å². The molecule has 0 radical (unpaired) electrons. The minimum atomic E-state index is -0.279. The Labute approximate surface area is 214 Å². The van der Waals surface area contributed by atoms with Crippen molar-refractivity contribution in [3.05, 3.63) is 76.3 Å².